The first-order valence-corrected chi connectivity index (χ1v) is 6.79. The summed E-state index contributed by atoms with van der Waals surface area (Å²) in [5.41, 5.74) is 4.35. The highest BCUT2D eigenvalue weighted by atomic mass is 35.5. The summed E-state index contributed by atoms with van der Waals surface area (Å²) in [4.78, 5) is 11.8. The zero-order chi connectivity index (χ0) is 15.2. The smallest absolute Gasteiger partial charge is 0.273 e. The monoisotopic (exact) mass is 302 g/mol. The van der Waals surface area contributed by atoms with Gasteiger partial charge in [-0.05, 0) is 30.2 Å². The van der Waals surface area contributed by atoms with E-state index in [4.69, 9.17) is 11.6 Å². The van der Waals surface area contributed by atoms with E-state index in [0.29, 0.717) is 16.3 Å². The third kappa shape index (κ3) is 4.15. The number of carbonyl (C=O) groups is 1. The summed E-state index contributed by atoms with van der Waals surface area (Å²) < 4.78 is 0. The number of benzene rings is 2. The minimum absolute atomic E-state index is 0.523. The van der Waals surface area contributed by atoms with Crippen molar-refractivity contribution in [2.75, 3.05) is 0 Å². The van der Waals surface area contributed by atoms with Crippen LogP contribution in [0.15, 0.2) is 59.7 Å². The SMILES string of the molecule is CC(=NNC(=O)C(O)c1ccccc1)c1ccc(Cl)cc1. The highest BCUT2D eigenvalue weighted by Gasteiger charge is 2.16. The molecular formula is C16H15ClN2O2. The van der Waals surface area contributed by atoms with Gasteiger partial charge in [-0.25, -0.2) is 5.43 Å². The van der Waals surface area contributed by atoms with Crippen molar-refractivity contribution in [3.05, 3.63) is 70.7 Å². The van der Waals surface area contributed by atoms with E-state index in [2.05, 4.69) is 10.5 Å². The van der Waals surface area contributed by atoms with Crippen molar-refractivity contribution in [2.24, 2.45) is 5.10 Å². The molecule has 0 aromatic heterocycles. The second kappa shape index (κ2) is 7.02. The summed E-state index contributed by atoms with van der Waals surface area (Å²) in [6, 6.07) is 15.8. The van der Waals surface area contributed by atoms with Crippen LogP contribution in [0.25, 0.3) is 0 Å². The Morgan fingerprint density at radius 1 is 1.14 bits per heavy atom. The van der Waals surface area contributed by atoms with E-state index >= 15 is 0 Å². The van der Waals surface area contributed by atoms with Crippen molar-refractivity contribution in [1.29, 1.82) is 0 Å². The van der Waals surface area contributed by atoms with Crippen LogP contribution in [0.3, 0.4) is 0 Å². The number of nitrogens with zero attached hydrogens (tertiary/aromatic N) is 1. The van der Waals surface area contributed by atoms with Gasteiger partial charge < -0.3 is 5.11 Å². The van der Waals surface area contributed by atoms with Crippen LogP contribution in [0.4, 0.5) is 0 Å². The summed E-state index contributed by atoms with van der Waals surface area (Å²) in [5.74, 6) is -0.575. The second-order valence-corrected chi connectivity index (χ2v) is 4.93. The fourth-order valence-electron chi connectivity index (χ4n) is 1.74. The first-order valence-electron chi connectivity index (χ1n) is 6.41. The van der Waals surface area contributed by atoms with Crippen LogP contribution in [0.1, 0.15) is 24.2 Å². The van der Waals surface area contributed by atoms with Crippen LogP contribution in [-0.4, -0.2) is 16.7 Å². The van der Waals surface area contributed by atoms with E-state index in [1.54, 1.807) is 55.5 Å². The largest absolute Gasteiger partial charge is 0.378 e. The molecule has 4 nitrogen and oxygen atoms in total. The van der Waals surface area contributed by atoms with E-state index in [0.717, 1.165) is 5.56 Å². The number of carbonyl (C=O) groups excluding carboxylic acids is 1. The Bertz CT molecular complexity index is 639. The van der Waals surface area contributed by atoms with Gasteiger partial charge in [-0.1, -0.05) is 54.1 Å². The van der Waals surface area contributed by atoms with Gasteiger partial charge in [0, 0.05) is 5.02 Å². The molecule has 0 fully saturated rings. The quantitative estimate of drug-likeness (QED) is 0.674. The molecule has 0 aliphatic heterocycles. The van der Waals surface area contributed by atoms with Gasteiger partial charge in [0.2, 0.25) is 0 Å². The molecule has 0 aliphatic carbocycles. The fourth-order valence-corrected chi connectivity index (χ4v) is 1.87. The third-order valence-electron chi connectivity index (χ3n) is 2.96. The van der Waals surface area contributed by atoms with Gasteiger partial charge in [0.1, 0.15) is 0 Å². The van der Waals surface area contributed by atoms with E-state index in [9.17, 15) is 9.90 Å². The molecule has 2 aromatic rings. The molecule has 2 N–H and O–H groups in total. The molecule has 2 rings (SSSR count). The van der Waals surface area contributed by atoms with Crippen LogP contribution >= 0.6 is 11.6 Å². The van der Waals surface area contributed by atoms with Gasteiger partial charge in [0.15, 0.2) is 6.10 Å². The van der Waals surface area contributed by atoms with Crippen LogP contribution in [-0.2, 0) is 4.79 Å². The Balaban J connectivity index is 2.03. The minimum Gasteiger partial charge on any atom is -0.378 e. The molecule has 1 unspecified atom stereocenters. The molecule has 2 aromatic carbocycles. The first-order chi connectivity index (χ1) is 10.1. The number of hydrogen-bond acceptors (Lipinski definition) is 3. The highest BCUT2D eigenvalue weighted by Crippen LogP contribution is 2.12. The standard InChI is InChI=1S/C16H15ClN2O2/c1-11(12-7-9-14(17)10-8-12)18-19-16(21)15(20)13-5-3-2-4-6-13/h2-10,15,20H,1H3,(H,19,21). The van der Waals surface area contributed by atoms with Crippen LogP contribution in [0.5, 0.6) is 0 Å². The molecule has 1 atom stereocenters. The lowest BCUT2D eigenvalue weighted by molar-refractivity contribution is -0.129. The van der Waals surface area contributed by atoms with Gasteiger partial charge in [-0.3, -0.25) is 4.79 Å². The van der Waals surface area contributed by atoms with Crippen molar-refractivity contribution in [3.8, 4) is 0 Å². The number of rotatable bonds is 4. The first kappa shape index (κ1) is 15.2. The molecule has 0 heterocycles. The molecule has 0 radical (unpaired) electrons. The number of nitrogens with one attached hydrogen (secondary N) is 1. The van der Waals surface area contributed by atoms with Crippen molar-refractivity contribution >= 4 is 23.2 Å². The van der Waals surface area contributed by atoms with Gasteiger partial charge in [0.05, 0.1) is 5.71 Å². The molecule has 1 amide bonds. The number of halogens is 1. The van der Waals surface area contributed by atoms with E-state index < -0.39 is 12.0 Å². The van der Waals surface area contributed by atoms with Crippen molar-refractivity contribution in [1.82, 2.24) is 5.43 Å². The Hall–Kier alpha value is -2.17. The Morgan fingerprint density at radius 2 is 1.76 bits per heavy atom. The maximum Gasteiger partial charge on any atom is 0.273 e. The van der Waals surface area contributed by atoms with E-state index in [-0.39, 0.29) is 0 Å². The minimum atomic E-state index is -1.24. The molecule has 0 saturated heterocycles. The number of amides is 1. The summed E-state index contributed by atoms with van der Waals surface area (Å²) >= 11 is 5.81. The summed E-state index contributed by atoms with van der Waals surface area (Å²) in [6.07, 6.45) is -1.24. The summed E-state index contributed by atoms with van der Waals surface area (Å²) in [7, 11) is 0. The number of hydrogen-bond donors (Lipinski definition) is 2. The summed E-state index contributed by atoms with van der Waals surface area (Å²) in [6.45, 7) is 1.76. The Labute approximate surface area is 128 Å². The Kier molecular flexibility index (Phi) is 5.09. The van der Waals surface area contributed by atoms with Crippen molar-refractivity contribution < 1.29 is 9.90 Å². The van der Waals surface area contributed by atoms with Crippen LogP contribution in [0.2, 0.25) is 5.02 Å². The zero-order valence-corrected chi connectivity index (χ0v) is 12.2. The molecule has 0 spiro atoms. The fraction of sp³-hybridized carbons (Fsp3) is 0.125. The van der Waals surface area contributed by atoms with Gasteiger partial charge >= 0.3 is 0 Å². The van der Waals surface area contributed by atoms with Gasteiger partial charge in [0.25, 0.3) is 5.91 Å². The average Bonchev–Trinajstić information content (AvgIpc) is 2.53. The number of hydrazone groups is 1. The lowest BCUT2D eigenvalue weighted by Gasteiger charge is -2.09. The van der Waals surface area contributed by atoms with Crippen LogP contribution < -0.4 is 5.43 Å². The van der Waals surface area contributed by atoms with Crippen molar-refractivity contribution in [2.45, 2.75) is 13.0 Å². The average molecular weight is 303 g/mol. The highest BCUT2D eigenvalue weighted by molar-refractivity contribution is 6.30. The van der Waals surface area contributed by atoms with Crippen LogP contribution in [0, 0.1) is 0 Å². The van der Waals surface area contributed by atoms with Crippen molar-refractivity contribution in [3.63, 3.8) is 0 Å². The van der Waals surface area contributed by atoms with Gasteiger partial charge in [-0.15, -0.1) is 0 Å². The second-order valence-electron chi connectivity index (χ2n) is 4.49. The third-order valence-corrected chi connectivity index (χ3v) is 3.21. The normalized spacial score (nSPS) is 12.8. The van der Waals surface area contributed by atoms with E-state index in [1.165, 1.54) is 0 Å². The molecular weight excluding hydrogens is 288 g/mol. The molecule has 0 aliphatic rings. The Morgan fingerprint density at radius 3 is 2.38 bits per heavy atom. The van der Waals surface area contributed by atoms with E-state index in [1.807, 2.05) is 6.07 Å². The molecule has 21 heavy (non-hydrogen) atoms. The molecule has 0 saturated carbocycles. The predicted molar refractivity (Wildman–Crippen MR) is 83.2 cm³/mol. The topological polar surface area (TPSA) is 61.7 Å². The number of aliphatic hydroxyl groups is 1. The maximum absolute atomic E-state index is 11.8. The number of aliphatic hydroxyl groups excluding tert-OH is 1. The maximum atomic E-state index is 11.8. The molecule has 0 bridgehead atoms. The zero-order valence-electron chi connectivity index (χ0n) is 11.5. The lowest BCUT2D eigenvalue weighted by Crippen LogP contribution is -2.26. The lowest BCUT2D eigenvalue weighted by atomic mass is 10.1. The molecule has 108 valence electrons. The molecule has 5 heteroatoms. The van der Waals surface area contributed by atoms with Gasteiger partial charge in [-0.2, -0.15) is 5.10 Å². The summed E-state index contributed by atoms with van der Waals surface area (Å²) in [5, 5.41) is 14.5. The predicted octanol–water partition coefficient (Wildman–Crippen LogP) is 2.91.